The predicted octanol–water partition coefficient (Wildman–Crippen LogP) is 2.47. The van der Waals surface area contributed by atoms with Crippen molar-refractivity contribution in [2.24, 2.45) is 0 Å². The van der Waals surface area contributed by atoms with Gasteiger partial charge in [0.25, 0.3) is 0 Å². The number of carbonyl (C=O) groups is 1. The molecule has 0 aliphatic carbocycles. The zero-order valence-electron chi connectivity index (χ0n) is 11.1. The molecule has 96 valence electrons. The Balaban J connectivity index is 2.42. The van der Waals surface area contributed by atoms with E-state index in [-0.39, 0.29) is 10.7 Å². The highest BCUT2D eigenvalue weighted by Crippen LogP contribution is 2.23. The Morgan fingerprint density at radius 3 is 2.65 bits per heavy atom. The van der Waals surface area contributed by atoms with Crippen molar-refractivity contribution in [1.29, 1.82) is 0 Å². The summed E-state index contributed by atoms with van der Waals surface area (Å²) in [5.41, 5.74) is 0.791. The van der Waals surface area contributed by atoms with Gasteiger partial charge in [-0.15, -0.1) is 11.8 Å². The number of hydrogen-bond donors (Lipinski definition) is 0. The Morgan fingerprint density at radius 2 is 2.18 bits per heavy atom. The largest absolute Gasteiger partial charge is 0.361 e. The van der Waals surface area contributed by atoms with Crippen molar-refractivity contribution in [3.8, 4) is 0 Å². The van der Waals surface area contributed by atoms with E-state index >= 15 is 0 Å². The number of nitrogens with zero attached hydrogens (tertiary/aromatic N) is 2. The van der Waals surface area contributed by atoms with E-state index in [9.17, 15) is 4.79 Å². The second kappa shape index (κ2) is 5.58. The van der Waals surface area contributed by atoms with Crippen molar-refractivity contribution in [2.75, 3.05) is 12.8 Å². The summed E-state index contributed by atoms with van der Waals surface area (Å²) in [6.45, 7) is 8.65. The maximum absolute atomic E-state index is 11.8. The van der Waals surface area contributed by atoms with E-state index in [4.69, 9.17) is 4.52 Å². The summed E-state index contributed by atoms with van der Waals surface area (Å²) < 4.78 is 5.08. The number of carbonyl (C=O) groups excluding carboxylic acids is 1. The molecule has 1 amide bonds. The third-order valence-corrected chi connectivity index (χ3v) is 3.39. The van der Waals surface area contributed by atoms with E-state index < -0.39 is 0 Å². The van der Waals surface area contributed by atoms with Crippen molar-refractivity contribution in [1.82, 2.24) is 10.1 Å². The van der Waals surface area contributed by atoms with Gasteiger partial charge in [0, 0.05) is 17.9 Å². The monoisotopic (exact) mass is 256 g/mol. The minimum atomic E-state index is 0.112. The standard InChI is InChI=1S/C12H20N2O2S/c1-9-6-10(13-16-9)7-14(5)11(15)8-17-12(2,3)4/h6H,7-8H2,1-5H3. The lowest BCUT2D eigenvalue weighted by Crippen LogP contribution is -2.29. The van der Waals surface area contributed by atoms with Crippen LogP contribution in [0, 0.1) is 6.92 Å². The molecule has 0 spiro atoms. The topological polar surface area (TPSA) is 46.3 Å². The fourth-order valence-corrected chi connectivity index (χ4v) is 1.99. The second-order valence-electron chi connectivity index (χ2n) is 5.08. The third kappa shape index (κ3) is 5.26. The SMILES string of the molecule is Cc1cc(CN(C)C(=O)CSC(C)(C)C)no1. The number of aromatic nitrogens is 1. The van der Waals surface area contributed by atoms with Crippen LogP contribution in [0.25, 0.3) is 0 Å². The normalized spacial score (nSPS) is 11.6. The molecule has 0 radical (unpaired) electrons. The van der Waals surface area contributed by atoms with E-state index in [1.165, 1.54) is 0 Å². The van der Waals surface area contributed by atoms with Crippen LogP contribution in [0.2, 0.25) is 0 Å². The van der Waals surface area contributed by atoms with Crippen molar-refractivity contribution in [2.45, 2.75) is 39.0 Å². The molecule has 0 aliphatic rings. The highest BCUT2D eigenvalue weighted by molar-refractivity contribution is 8.01. The average Bonchev–Trinajstić information content (AvgIpc) is 2.59. The molecule has 0 bridgehead atoms. The molecule has 0 N–H and O–H groups in total. The van der Waals surface area contributed by atoms with Crippen LogP contribution in [0.1, 0.15) is 32.2 Å². The first kappa shape index (κ1) is 14.1. The maximum Gasteiger partial charge on any atom is 0.232 e. The van der Waals surface area contributed by atoms with Gasteiger partial charge in [-0.1, -0.05) is 25.9 Å². The third-order valence-electron chi connectivity index (χ3n) is 2.13. The Hall–Kier alpha value is -0.970. The average molecular weight is 256 g/mol. The van der Waals surface area contributed by atoms with E-state index in [0.29, 0.717) is 12.3 Å². The molecule has 0 saturated heterocycles. The van der Waals surface area contributed by atoms with Crippen LogP contribution >= 0.6 is 11.8 Å². The van der Waals surface area contributed by atoms with E-state index in [1.807, 2.05) is 13.0 Å². The predicted molar refractivity (Wildman–Crippen MR) is 69.9 cm³/mol. The Labute approximate surface area is 107 Å². The molecule has 1 rings (SSSR count). The van der Waals surface area contributed by atoms with Gasteiger partial charge in [-0.2, -0.15) is 0 Å². The van der Waals surface area contributed by atoms with Gasteiger partial charge in [-0.25, -0.2) is 0 Å². The zero-order chi connectivity index (χ0) is 13.1. The summed E-state index contributed by atoms with van der Waals surface area (Å²) in [7, 11) is 1.79. The van der Waals surface area contributed by atoms with E-state index in [0.717, 1.165) is 11.5 Å². The molecule has 0 aromatic carbocycles. The number of amides is 1. The number of hydrogen-bond acceptors (Lipinski definition) is 4. The summed E-state index contributed by atoms with van der Waals surface area (Å²) in [6.07, 6.45) is 0. The van der Waals surface area contributed by atoms with Crippen LogP contribution in [0.15, 0.2) is 10.6 Å². The number of aryl methyl sites for hydroxylation is 1. The van der Waals surface area contributed by atoms with E-state index in [2.05, 4.69) is 25.9 Å². The van der Waals surface area contributed by atoms with Gasteiger partial charge in [0.15, 0.2) is 0 Å². The first-order valence-corrected chi connectivity index (χ1v) is 6.56. The molecule has 0 saturated carbocycles. The van der Waals surface area contributed by atoms with Crippen LogP contribution in [-0.2, 0) is 11.3 Å². The van der Waals surface area contributed by atoms with Gasteiger partial charge in [-0.3, -0.25) is 4.79 Å². The fraction of sp³-hybridized carbons (Fsp3) is 0.667. The van der Waals surface area contributed by atoms with Crippen molar-refractivity contribution < 1.29 is 9.32 Å². The summed E-state index contributed by atoms with van der Waals surface area (Å²) in [5, 5.41) is 3.87. The molecule has 0 unspecified atom stereocenters. The molecular weight excluding hydrogens is 236 g/mol. The molecule has 1 aromatic rings. The molecule has 4 nitrogen and oxygen atoms in total. The van der Waals surface area contributed by atoms with Crippen LogP contribution < -0.4 is 0 Å². The van der Waals surface area contributed by atoms with Crippen LogP contribution in [0.5, 0.6) is 0 Å². The molecule has 0 aliphatic heterocycles. The van der Waals surface area contributed by atoms with Gasteiger partial charge in [0.05, 0.1) is 12.3 Å². The molecule has 5 heteroatoms. The number of thioether (sulfide) groups is 1. The first-order chi connectivity index (χ1) is 7.78. The van der Waals surface area contributed by atoms with Crippen molar-refractivity contribution in [3.63, 3.8) is 0 Å². The lowest BCUT2D eigenvalue weighted by atomic mass is 10.3. The fourth-order valence-electron chi connectivity index (χ4n) is 1.21. The summed E-state index contributed by atoms with van der Waals surface area (Å²) >= 11 is 1.65. The van der Waals surface area contributed by atoms with Crippen LogP contribution in [-0.4, -0.2) is 33.5 Å². The minimum Gasteiger partial charge on any atom is -0.361 e. The molecule has 17 heavy (non-hydrogen) atoms. The maximum atomic E-state index is 11.8. The Morgan fingerprint density at radius 1 is 1.53 bits per heavy atom. The van der Waals surface area contributed by atoms with Crippen LogP contribution in [0.4, 0.5) is 0 Å². The quantitative estimate of drug-likeness (QED) is 0.830. The Bertz CT molecular complexity index is 382. The zero-order valence-corrected chi connectivity index (χ0v) is 11.9. The summed E-state index contributed by atoms with van der Waals surface area (Å²) in [4.78, 5) is 13.5. The summed E-state index contributed by atoms with van der Waals surface area (Å²) in [6, 6.07) is 1.85. The Kier molecular flexibility index (Phi) is 4.62. The lowest BCUT2D eigenvalue weighted by Gasteiger charge is -2.20. The van der Waals surface area contributed by atoms with Gasteiger partial charge in [0.1, 0.15) is 11.5 Å². The van der Waals surface area contributed by atoms with Gasteiger partial charge in [0.2, 0.25) is 5.91 Å². The molecule has 1 heterocycles. The van der Waals surface area contributed by atoms with Gasteiger partial charge < -0.3 is 9.42 Å². The van der Waals surface area contributed by atoms with Gasteiger partial charge in [-0.05, 0) is 6.92 Å². The van der Waals surface area contributed by atoms with Crippen LogP contribution in [0.3, 0.4) is 0 Å². The highest BCUT2D eigenvalue weighted by Gasteiger charge is 2.16. The van der Waals surface area contributed by atoms with Crippen molar-refractivity contribution in [3.05, 3.63) is 17.5 Å². The molecular formula is C12H20N2O2S. The van der Waals surface area contributed by atoms with E-state index in [1.54, 1.807) is 23.7 Å². The second-order valence-corrected chi connectivity index (χ2v) is 6.88. The molecule has 0 fully saturated rings. The molecule has 0 atom stereocenters. The minimum absolute atomic E-state index is 0.112. The number of rotatable bonds is 4. The highest BCUT2D eigenvalue weighted by atomic mass is 32.2. The van der Waals surface area contributed by atoms with Gasteiger partial charge >= 0.3 is 0 Å². The lowest BCUT2D eigenvalue weighted by molar-refractivity contribution is -0.127. The summed E-state index contributed by atoms with van der Waals surface area (Å²) in [5.74, 6) is 1.38. The van der Waals surface area contributed by atoms with Crippen molar-refractivity contribution >= 4 is 17.7 Å². The first-order valence-electron chi connectivity index (χ1n) is 5.58. The molecule has 1 aromatic heterocycles. The smallest absolute Gasteiger partial charge is 0.232 e.